The first-order valence-corrected chi connectivity index (χ1v) is 1.38. The molecule has 0 atom stereocenters. The molecule has 2 heteroatoms. The van der Waals surface area contributed by atoms with Crippen LogP contribution < -0.4 is 0 Å². The summed E-state index contributed by atoms with van der Waals surface area (Å²) in [5.41, 5.74) is 0. The maximum absolute atomic E-state index is 6.31. The van der Waals surface area contributed by atoms with Crippen molar-refractivity contribution in [3.63, 3.8) is 0 Å². The van der Waals surface area contributed by atoms with E-state index in [1.807, 2.05) is 0 Å². The molecule has 0 bridgehead atoms. The van der Waals surface area contributed by atoms with E-state index in [1.165, 1.54) is 0 Å². The summed E-state index contributed by atoms with van der Waals surface area (Å²) in [6.45, 7) is -0.543. The van der Waals surface area contributed by atoms with E-state index in [0.717, 1.165) is 0 Å². The Morgan fingerprint density at radius 2 is 2.25 bits per heavy atom. The van der Waals surface area contributed by atoms with Gasteiger partial charge in [0.25, 0.3) is 0 Å². The van der Waals surface area contributed by atoms with Gasteiger partial charge in [-0.05, 0) is 0 Å². The van der Waals surface area contributed by atoms with Crippen molar-refractivity contribution in [3.8, 4) is 0 Å². The average Bonchev–Trinajstić information content (AvgIpc) is 1.36. The quantitative estimate of drug-likeness (QED) is 0.435. The zero-order valence-electron chi connectivity index (χ0n) is 3.76. The highest BCUT2D eigenvalue weighted by molar-refractivity contribution is 6.55. The SMILES string of the molecule is [2H]C([2H])=C(Cl)Cl. The topological polar surface area (TPSA) is 0 Å². The van der Waals surface area contributed by atoms with E-state index in [9.17, 15) is 0 Å². The maximum Gasteiger partial charge on any atom is 0.0992 e. The molecule has 0 heterocycles. The van der Waals surface area contributed by atoms with E-state index in [4.69, 9.17) is 25.9 Å². The van der Waals surface area contributed by atoms with Crippen LogP contribution in [0, 0.1) is 0 Å². The van der Waals surface area contributed by atoms with Crippen molar-refractivity contribution >= 4 is 23.2 Å². The van der Waals surface area contributed by atoms with Crippen LogP contribution in [0.4, 0.5) is 0 Å². The van der Waals surface area contributed by atoms with E-state index < -0.39 is 6.53 Å². The van der Waals surface area contributed by atoms with Crippen LogP contribution in [0.2, 0.25) is 0 Å². The van der Waals surface area contributed by atoms with Gasteiger partial charge in [-0.1, -0.05) is 29.7 Å². The minimum atomic E-state index is -0.543. The molecule has 0 aromatic heterocycles. The summed E-state index contributed by atoms with van der Waals surface area (Å²) in [7, 11) is 0. The number of hydrogen-bond acceptors (Lipinski definition) is 0. The van der Waals surface area contributed by atoms with E-state index in [0.29, 0.717) is 0 Å². The van der Waals surface area contributed by atoms with Crippen molar-refractivity contribution in [2.45, 2.75) is 0 Å². The summed E-state index contributed by atoms with van der Waals surface area (Å²) in [6, 6.07) is 0. The van der Waals surface area contributed by atoms with Crippen molar-refractivity contribution in [2.75, 3.05) is 0 Å². The zero-order chi connectivity index (χ0) is 5.15. The Labute approximate surface area is 37.8 Å². The van der Waals surface area contributed by atoms with Crippen LogP contribution >= 0.6 is 23.2 Å². The summed E-state index contributed by atoms with van der Waals surface area (Å²) in [5.74, 6) is 0. The summed E-state index contributed by atoms with van der Waals surface area (Å²) >= 11 is 9.77. The fourth-order valence-corrected chi connectivity index (χ4v) is 0. The third kappa shape index (κ3) is 39.5. The molecule has 0 saturated heterocycles. The molecule has 0 aromatic rings. The second-order valence-electron chi connectivity index (χ2n) is 0.260. The first kappa shape index (κ1) is 1.68. The van der Waals surface area contributed by atoms with Gasteiger partial charge < -0.3 is 0 Å². The lowest BCUT2D eigenvalue weighted by Crippen LogP contribution is -1.24. The van der Waals surface area contributed by atoms with Crippen LogP contribution in [0.3, 0.4) is 0 Å². The van der Waals surface area contributed by atoms with Gasteiger partial charge in [-0.2, -0.15) is 0 Å². The van der Waals surface area contributed by atoms with Gasteiger partial charge in [0, 0.05) is 0 Å². The second kappa shape index (κ2) is 1.62. The molecule has 24 valence electrons. The summed E-state index contributed by atoms with van der Waals surface area (Å²) in [4.78, 5) is 0. The molecule has 0 aliphatic rings. The average molecular weight is 99.0 g/mol. The number of rotatable bonds is 0. The Balaban J connectivity index is 3.68. The minimum absolute atomic E-state index is 0.296. The van der Waals surface area contributed by atoms with E-state index >= 15 is 0 Å². The van der Waals surface area contributed by atoms with Crippen molar-refractivity contribution < 1.29 is 2.74 Å². The van der Waals surface area contributed by atoms with Crippen LogP contribution in [-0.2, 0) is 0 Å². The molecule has 0 aliphatic carbocycles. The predicted molar refractivity (Wildman–Crippen MR) is 20.8 cm³/mol. The van der Waals surface area contributed by atoms with Crippen molar-refractivity contribution in [3.05, 3.63) is 11.0 Å². The molecule has 0 unspecified atom stereocenters. The Bertz CT molecular complexity index is 59.6. The highest BCUT2D eigenvalue weighted by Crippen LogP contribution is 1.98. The van der Waals surface area contributed by atoms with Gasteiger partial charge in [0.05, 0.1) is 7.23 Å². The molecule has 0 fully saturated rings. The predicted octanol–water partition coefficient (Wildman–Crippen LogP) is 1.94. The van der Waals surface area contributed by atoms with E-state index in [1.54, 1.807) is 0 Å². The fraction of sp³-hybridized carbons (Fsp3) is 0. The molecule has 0 amide bonds. The molecule has 0 radical (unpaired) electrons. The summed E-state index contributed by atoms with van der Waals surface area (Å²) in [5, 5.41) is 0. The smallest absolute Gasteiger partial charge is 0.0716 e. The van der Waals surface area contributed by atoms with E-state index in [2.05, 4.69) is 0 Å². The van der Waals surface area contributed by atoms with Gasteiger partial charge in [0.15, 0.2) is 0 Å². The number of hydrogen-bond donors (Lipinski definition) is 0. The first-order valence-electron chi connectivity index (χ1n) is 1.63. The lowest BCUT2D eigenvalue weighted by Gasteiger charge is -1.57. The molecule has 0 saturated carbocycles. The maximum atomic E-state index is 6.31. The lowest BCUT2D eigenvalue weighted by molar-refractivity contribution is 2.45. The van der Waals surface area contributed by atoms with E-state index in [-0.39, 0.29) is 4.49 Å². The molecular formula is C2H2Cl2. The van der Waals surface area contributed by atoms with Crippen molar-refractivity contribution in [1.82, 2.24) is 0 Å². The van der Waals surface area contributed by atoms with Crippen LogP contribution in [0.1, 0.15) is 2.74 Å². The minimum Gasteiger partial charge on any atom is -0.0716 e. The summed E-state index contributed by atoms with van der Waals surface area (Å²) < 4.78 is 12.3. The third-order valence-electron chi connectivity index (χ3n) is 0. The molecule has 0 N–H and O–H groups in total. The lowest BCUT2D eigenvalue weighted by atomic mass is 11.3. The Kier molecular flexibility index (Phi) is 0.682. The van der Waals surface area contributed by atoms with Gasteiger partial charge >= 0.3 is 0 Å². The molecule has 0 nitrogen and oxygen atoms in total. The standard InChI is InChI=1S/C2H2Cl2/c1-2(3)4/h1H2/i1D2. The Morgan fingerprint density at radius 1 is 2.00 bits per heavy atom. The van der Waals surface area contributed by atoms with Gasteiger partial charge in [0.2, 0.25) is 0 Å². The highest BCUT2D eigenvalue weighted by Gasteiger charge is 1.60. The van der Waals surface area contributed by atoms with Crippen molar-refractivity contribution in [2.24, 2.45) is 0 Å². The van der Waals surface area contributed by atoms with Gasteiger partial charge in [-0.25, -0.2) is 0 Å². The monoisotopic (exact) mass is 98.0 g/mol. The molecule has 4 heavy (non-hydrogen) atoms. The molecular weight excluding hydrogens is 94.9 g/mol. The Morgan fingerprint density at radius 3 is 2.25 bits per heavy atom. The highest BCUT2D eigenvalue weighted by atomic mass is 35.5. The third-order valence-corrected chi connectivity index (χ3v) is 0. The normalized spacial score (nSPS) is 12.5. The van der Waals surface area contributed by atoms with Crippen LogP contribution in [0.15, 0.2) is 11.0 Å². The van der Waals surface area contributed by atoms with Gasteiger partial charge in [0.1, 0.15) is 0 Å². The van der Waals surface area contributed by atoms with Crippen LogP contribution in [0.25, 0.3) is 0 Å². The molecule has 0 aromatic carbocycles. The fourth-order valence-electron chi connectivity index (χ4n) is 0. The molecule has 0 rings (SSSR count). The first-order chi connectivity index (χ1) is 2.64. The molecule has 0 aliphatic heterocycles. The van der Waals surface area contributed by atoms with Gasteiger partial charge in [-0.3, -0.25) is 0 Å². The number of halogens is 2. The van der Waals surface area contributed by atoms with Crippen LogP contribution in [-0.4, -0.2) is 0 Å². The largest absolute Gasteiger partial charge is 0.0992 e. The summed E-state index contributed by atoms with van der Waals surface area (Å²) in [6.07, 6.45) is 0. The zero-order valence-corrected chi connectivity index (χ0v) is 3.27. The van der Waals surface area contributed by atoms with Crippen molar-refractivity contribution in [1.29, 1.82) is 0 Å². The second-order valence-corrected chi connectivity index (χ2v) is 1.21. The van der Waals surface area contributed by atoms with Gasteiger partial charge in [-0.15, -0.1) is 0 Å². The van der Waals surface area contributed by atoms with Crippen LogP contribution in [0.5, 0.6) is 0 Å². The Hall–Kier alpha value is 0.320. The molecule has 0 spiro atoms.